The first kappa shape index (κ1) is 10.6. The lowest BCUT2D eigenvalue weighted by atomic mass is 10.1. The van der Waals surface area contributed by atoms with Crippen LogP contribution in [0.5, 0.6) is 5.75 Å². The van der Waals surface area contributed by atoms with Crippen LogP contribution in [0.4, 0.5) is 5.69 Å². The number of nitrogens with one attached hydrogen (secondary N) is 1. The van der Waals surface area contributed by atoms with Gasteiger partial charge < -0.3 is 10.1 Å². The van der Waals surface area contributed by atoms with E-state index in [4.69, 9.17) is 10.00 Å². The van der Waals surface area contributed by atoms with Gasteiger partial charge in [0, 0.05) is 11.8 Å². The van der Waals surface area contributed by atoms with Crippen molar-refractivity contribution < 1.29 is 4.74 Å². The van der Waals surface area contributed by atoms with Crippen LogP contribution < -0.4 is 10.1 Å². The lowest BCUT2D eigenvalue weighted by Gasteiger charge is -2.13. The van der Waals surface area contributed by atoms with Gasteiger partial charge in [0.15, 0.2) is 5.69 Å². The van der Waals surface area contributed by atoms with Crippen molar-refractivity contribution in [1.82, 2.24) is 4.98 Å². The number of ether oxygens (including phenoxy) is 1. The molecule has 0 amide bonds. The van der Waals surface area contributed by atoms with Crippen LogP contribution >= 0.6 is 0 Å². The Labute approximate surface area is 105 Å². The number of para-hydroxylation sites is 1. The van der Waals surface area contributed by atoms with Crippen LogP contribution in [0.25, 0.3) is 0 Å². The fourth-order valence-electron chi connectivity index (χ4n) is 2.08. The zero-order valence-corrected chi connectivity index (χ0v) is 9.63. The number of rotatable bonds is 2. The molecule has 2 heterocycles. The van der Waals surface area contributed by atoms with E-state index in [1.807, 2.05) is 36.4 Å². The maximum Gasteiger partial charge on any atom is 0.163 e. The number of anilines is 1. The molecule has 0 aliphatic carbocycles. The number of fused-ring (bicyclic) bond motifs is 1. The van der Waals surface area contributed by atoms with E-state index in [0.29, 0.717) is 12.3 Å². The topological polar surface area (TPSA) is 57.9 Å². The van der Waals surface area contributed by atoms with E-state index in [1.165, 1.54) is 0 Å². The first-order chi connectivity index (χ1) is 8.88. The first-order valence-electron chi connectivity index (χ1n) is 5.72. The summed E-state index contributed by atoms with van der Waals surface area (Å²) in [6.45, 7) is 0.569. The van der Waals surface area contributed by atoms with Crippen LogP contribution in [-0.2, 0) is 0 Å². The van der Waals surface area contributed by atoms with Crippen LogP contribution in [0.1, 0.15) is 17.3 Å². The second-order valence-corrected chi connectivity index (χ2v) is 4.06. The second kappa shape index (κ2) is 4.38. The minimum absolute atomic E-state index is 0.0671. The number of nitrogens with zero attached hydrogens (tertiary/aromatic N) is 2. The van der Waals surface area contributed by atoms with Gasteiger partial charge in [-0.2, -0.15) is 5.26 Å². The molecule has 2 aromatic rings. The van der Waals surface area contributed by atoms with Gasteiger partial charge >= 0.3 is 0 Å². The van der Waals surface area contributed by atoms with Gasteiger partial charge in [-0.1, -0.05) is 18.2 Å². The Balaban J connectivity index is 1.89. The molecule has 1 N–H and O–H groups in total. The van der Waals surface area contributed by atoms with E-state index in [1.54, 1.807) is 6.20 Å². The monoisotopic (exact) mass is 237 g/mol. The number of hydrogen-bond acceptors (Lipinski definition) is 4. The first-order valence-corrected chi connectivity index (χ1v) is 5.72. The van der Waals surface area contributed by atoms with Crippen molar-refractivity contribution in [3.05, 3.63) is 53.9 Å². The molecule has 4 nitrogen and oxygen atoms in total. The summed E-state index contributed by atoms with van der Waals surface area (Å²) in [5, 5.41) is 12.3. The molecule has 3 rings (SSSR count). The molecule has 1 unspecified atom stereocenters. The number of nitriles is 1. The molecule has 1 aliphatic heterocycles. The van der Waals surface area contributed by atoms with Gasteiger partial charge in [0.1, 0.15) is 18.4 Å². The molecule has 4 heteroatoms. The van der Waals surface area contributed by atoms with Crippen LogP contribution in [-0.4, -0.2) is 11.6 Å². The summed E-state index contributed by atoms with van der Waals surface area (Å²) in [6.07, 6.45) is 1.61. The van der Waals surface area contributed by atoms with E-state index < -0.39 is 0 Å². The zero-order valence-electron chi connectivity index (χ0n) is 9.63. The fourth-order valence-corrected chi connectivity index (χ4v) is 2.08. The highest BCUT2D eigenvalue weighted by molar-refractivity contribution is 5.56. The van der Waals surface area contributed by atoms with Gasteiger partial charge in [0.25, 0.3) is 0 Å². The van der Waals surface area contributed by atoms with E-state index in [0.717, 1.165) is 17.0 Å². The molecule has 18 heavy (non-hydrogen) atoms. The number of pyridine rings is 1. The highest BCUT2D eigenvalue weighted by Crippen LogP contribution is 2.34. The van der Waals surface area contributed by atoms with Gasteiger partial charge in [0.05, 0.1) is 11.7 Å². The predicted molar refractivity (Wildman–Crippen MR) is 67.3 cm³/mol. The van der Waals surface area contributed by atoms with E-state index >= 15 is 0 Å². The molecule has 0 spiro atoms. The average Bonchev–Trinajstić information content (AvgIpc) is 2.83. The van der Waals surface area contributed by atoms with Crippen LogP contribution in [0.3, 0.4) is 0 Å². The lowest BCUT2D eigenvalue weighted by Crippen LogP contribution is -2.13. The minimum Gasteiger partial charge on any atom is -0.491 e. The lowest BCUT2D eigenvalue weighted by molar-refractivity contribution is 0.340. The van der Waals surface area contributed by atoms with Crippen LogP contribution in [0.15, 0.2) is 42.6 Å². The van der Waals surface area contributed by atoms with Gasteiger partial charge in [-0.3, -0.25) is 0 Å². The standard InChI is InChI=1S/C14H11N3O/c15-8-12-11(5-3-7-16-12)17-13-9-18-14-6-2-1-4-10(13)14/h1-7,13,17H,9H2. The minimum atomic E-state index is 0.0671. The summed E-state index contributed by atoms with van der Waals surface area (Å²) in [7, 11) is 0. The number of hydrogen-bond donors (Lipinski definition) is 1. The summed E-state index contributed by atoms with van der Waals surface area (Å²) in [5.74, 6) is 0.900. The largest absolute Gasteiger partial charge is 0.491 e. The summed E-state index contributed by atoms with van der Waals surface area (Å²) in [5.41, 5.74) is 2.26. The third kappa shape index (κ3) is 1.76. The molecular formula is C14H11N3O. The average molecular weight is 237 g/mol. The summed E-state index contributed by atoms with van der Waals surface area (Å²) < 4.78 is 5.59. The third-order valence-corrected chi connectivity index (χ3v) is 2.94. The quantitative estimate of drug-likeness (QED) is 0.871. The molecule has 0 bridgehead atoms. The molecule has 0 radical (unpaired) electrons. The second-order valence-electron chi connectivity index (χ2n) is 4.06. The number of aromatic nitrogens is 1. The molecule has 0 saturated heterocycles. The molecule has 0 saturated carbocycles. The van der Waals surface area contributed by atoms with E-state index in [-0.39, 0.29) is 6.04 Å². The Hall–Kier alpha value is -2.54. The van der Waals surface area contributed by atoms with Gasteiger partial charge in [0.2, 0.25) is 0 Å². The smallest absolute Gasteiger partial charge is 0.163 e. The van der Waals surface area contributed by atoms with Crippen molar-refractivity contribution in [2.45, 2.75) is 6.04 Å². The van der Waals surface area contributed by atoms with Crippen molar-refractivity contribution in [2.75, 3.05) is 11.9 Å². The molecule has 1 aliphatic rings. The molecule has 0 fully saturated rings. The van der Waals surface area contributed by atoms with Crippen molar-refractivity contribution in [3.8, 4) is 11.8 Å². The Morgan fingerprint density at radius 1 is 1.28 bits per heavy atom. The summed E-state index contributed by atoms with van der Waals surface area (Å²) in [6, 6.07) is 13.7. The maximum absolute atomic E-state index is 9.00. The number of benzene rings is 1. The Morgan fingerprint density at radius 3 is 3.06 bits per heavy atom. The zero-order chi connectivity index (χ0) is 12.4. The Morgan fingerprint density at radius 2 is 2.17 bits per heavy atom. The van der Waals surface area contributed by atoms with Crippen molar-refractivity contribution in [3.63, 3.8) is 0 Å². The highest BCUT2D eigenvalue weighted by atomic mass is 16.5. The molecule has 1 aromatic carbocycles. The predicted octanol–water partition coefficient (Wildman–Crippen LogP) is 2.50. The van der Waals surface area contributed by atoms with E-state index in [9.17, 15) is 0 Å². The van der Waals surface area contributed by atoms with Crippen molar-refractivity contribution in [2.24, 2.45) is 0 Å². The molecule has 88 valence electrons. The van der Waals surface area contributed by atoms with Gasteiger partial charge in [-0.25, -0.2) is 4.98 Å². The van der Waals surface area contributed by atoms with Gasteiger partial charge in [-0.15, -0.1) is 0 Å². The summed E-state index contributed by atoms with van der Waals surface area (Å²) in [4.78, 5) is 4.03. The van der Waals surface area contributed by atoms with Crippen molar-refractivity contribution in [1.29, 1.82) is 5.26 Å². The third-order valence-electron chi connectivity index (χ3n) is 2.94. The Bertz CT molecular complexity index is 618. The molecule has 1 atom stereocenters. The summed E-state index contributed by atoms with van der Waals surface area (Å²) >= 11 is 0. The SMILES string of the molecule is N#Cc1ncccc1NC1COc2ccccc21. The van der Waals surface area contributed by atoms with Crippen molar-refractivity contribution >= 4 is 5.69 Å². The van der Waals surface area contributed by atoms with Crippen LogP contribution in [0.2, 0.25) is 0 Å². The maximum atomic E-state index is 9.00. The normalized spacial score (nSPS) is 16.5. The van der Waals surface area contributed by atoms with Crippen LogP contribution in [0, 0.1) is 11.3 Å². The Kier molecular flexibility index (Phi) is 2.58. The van der Waals surface area contributed by atoms with E-state index in [2.05, 4.69) is 16.4 Å². The molecule has 1 aromatic heterocycles. The highest BCUT2D eigenvalue weighted by Gasteiger charge is 2.23. The fraction of sp³-hybridized carbons (Fsp3) is 0.143. The van der Waals surface area contributed by atoms with Gasteiger partial charge in [-0.05, 0) is 18.2 Å². The molecular weight excluding hydrogens is 226 g/mol.